The Morgan fingerprint density at radius 2 is 1.89 bits per heavy atom. The number of carbonyl (C=O) groups is 2. The highest BCUT2D eigenvalue weighted by atomic mass is 16.2. The zero-order valence-electron chi connectivity index (χ0n) is 20.2. The van der Waals surface area contributed by atoms with E-state index in [0.717, 1.165) is 42.8 Å². The molecule has 1 aliphatic heterocycles. The molecule has 0 radical (unpaired) electrons. The summed E-state index contributed by atoms with van der Waals surface area (Å²) in [6, 6.07) is 13.4. The van der Waals surface area contributed by atoms with E-state index in [1.54, 1.807) is 4.90 Å². The molecule has 182 valence electrons. The number of aromatic amines is 1. The second-order valence-corrected chi connectivity index (χ2v) is 9.50. The number of para-hydroxylation sites is 1. The van der Waals surface area contributed by atoms with Gasteiger partial charge in [-0.1, -0.05) is 18.2 Å². The van der Waals surface area contributed by atoms with E-state index in [1.165, 1.54) is 0 Å². The Balaban J connectivity index is 1.29. The van der Waals surface area contributed by atoms with E-state index in [2.05, 4.69) is 25.5 Å². The van der Waals surface area contributed by atoms with Crippen molar-refractivity contribution in [2.45, 2.75) is 45.4 Å². The molecule has 2 amide bonds. The van der Waals surface area contributed by atoms with Crippen LogP contribution in [0, 0.1) is 19.8 Å². The molecular weight excluding hydrogens is 442 g/mol. The Hall–Kier alpha value is -3.75. The van der Waals surface area contributed by atoms with Gasteiger partial charge in [0, 0.05) is 48.4 Å². The number of aromatic nitrogens is 4. The van der Waals surface area contributed by atoms with Crippen molar-refractivity contribution in [3.05, 3.63) is 59.7 Å². The fourth-order valence-electron chi connectivity index (χ4n) is 4.61. The molecule has 5 rings (SSSR count). The topological polar surface area (TPSA) is 107 Å². The smallest absolute Gasteiger partial charge is 0.242 e. The van der Waals surface area contributed by atoms with Crippen molar-refractivity contribution in [1.29, 1.82) is 0 Å². The van der Waals surface area contributed by atoms with Gasteiger partial charge in [-0.15, -0.1) is 0 Å². The third kappa shape index (κ3) is 5.50. The molecule has 1 aliphatic carbocycles. The Kier molecular flexibility index (Phi) is 6.48. The van der Waals surface area contributed by atoms with Gasteiger partial charge in [-0.25, -0.2) is 9.97 Å². The second-order valence-electron chi connectivity index (χ2n) is 9.50. The van der Waals surface area contributed by atoms with Gasteiger partial charge in [0.2, 0.25) is 11.8 Å². The van der Waals surface area contributed by atoms with Gasteiger partial charge in [0.05, 0.1) is 5.69 Å². The maximum Gasteiger partial charge on any atom is 0.242 e. The van der Waals surface area contributed by atoms with Crippen LogP contribution in [0.15, 0.2) is 42.5 Å². The van der Waals surface area contributed by atoms with Crippen molar-refractivity contribution >= 4 is 29.1 Å². The molecule has 1 atom stereocenters. The number of piperidine rings is 1. The van der Waals surface area contributed by atoms with Crippen LogP contribution in [-0.2, 0) is 9.59 Å². The summed E-state index contributed by atoms with van der Waals surface area (Å²) in [6.45, 7) is 5.16. The van der Waals surface area contributed by atoms with Gasteiger partial charge in [0.15, 0.2) is 5.82 Å². The summed E-state index contributed by atoms with van der Waals surface area (Å²) in [5, 5.41) is 10.4. The van der Waals surface area contributed by atoms with Crippen LogP contribution in [0.3, 0.4) is 0 Å². The molecule has 1 aromatic carbocycles. The maximum absolute atomic E-state index is 13.4. The molecule has 35 heavy (non-hydrogen) atoms. The number of nitrogens with zero attached hydrogens (tertiary/aromatic N) is 5. The number of likely N-dealkylation sites (tertiary alicyclic amines) is 1. The molecule has 0 unspecified atom stereocenters. The van der Waals surface area contributed by atoms with E-state index >= 15 is 0 Å². The van der Waals surface area contributed by atoms with Gasteiger partial charge in [0.25, 0.3) is 0 Å². The summed E-state index contributed by atoms with van der Waals surface area (Å²) in [5.41, 5.74) is 2.66. The lowest BCUT2D eigenvalue weighted by Gasteiger charge is -2.34. The molecular formula is C26H31N7O2. The quantitative estimate of drug-likeness (QED) is 0.542. The van der Waals surface area contributed by atoms with Crippen LogP contribution in [0.2, 0.25) is 0 Å². The van der Waals surface area contributed by atoms with Gasteiger partial charge in [0.1, 0.15) is 18.2 Å². The highest BCUT2D eigenvalue weighted by Gasteiger charge is 2.36. The van der Waals surface area contributed by atoms with E-state index in [1.807, 2.05) is 61.2 Å². The Morgan fingerprint density at radius 3 is 2.60 bits per heavy atom. The van der Waals surface area contributed by atoms with Crippen LogP contribution >= 0.6 is 0 Å². The minimum absolute atomic E-state index is 0.0244. The van der Waals surface area contributed by atoms with E-state index in [4.69, 9.17) is 0 Å². The maximum atomic E-state index is 13.4. The Labute approximate surface area is 205 Å². The average molecular weight is 474 g/mol. The SMILES string of the molecule is Cc1nc(Nc2cc(C)[nH]n2)cc([C@@H]2CCCN(C(=O)CN(C(=O)C3CC3)c3ccccc3)C2)n1. The van der Waals surface area contributed by atoms with Crippen molar-refractivity contribution in [3.63, 3.8) is 0 Å². The number of nitrogens with one attached hydrogen (secondary N) is 2. The number of rotatable bonds is 7. The standard InChI is InChI=1S/C26H31N7O2/c1-17-13-24(31-30-17)29-23-14-22(27-18(2)28-23)20-7-6-12-32(15-20)25(34)16-33(26(35)19-10-11-19)21-8-4-3-5-9-21/h3-5,8-9,13-14,19-20H,6-7,10-12,15-16H2,1-2H3,(H2,27,28,29,30,31)/t20-/m1/s1. The molecule has 2 N–H and O–H groups in total. The minimum Gasteiger partial charge on any atom is -0.340 e. The molecule has 9 heteroatoms. The Bertz CT molecular complexity index is 1210. The summed E-state index contributed by atoms with van der Waals surface area (Å²) in [4.78, 5) is 39.0. The molecule has 1 saturated carbocycles. The van der Waals surface area contributed by atoms with Gasteiger partial charge in [-0.05, 0) is 51.7 Å². The second kappa shape index (κ2) is 9.85. The van der Waals surface area contributed by atoms with E-state index in [0.29, 0.717) is 30.5 Å². The lowest BCUT2D eigenvalue weighted by Crippen LogP contribution is -2.46. The first-order valence-electron chi connectivity index (χ1n) is 12.2. The van der Waals surface area contributed by atoms with Crippen LogP contribution in [0.4, 0.5) is 17.3 Å². The van der Waals surface area contributed by atoms with E-state index in [9.17, 15) is 9.59 Å². The van der Waals surface area contributed by atoms with Crippen molar-refractivity contribution in [3.8, 4) is 0 Å². The predicted molar refractivity (Wildman–Crippen MR) is 133 cm³/mol. The molecule has 0 bridgehead atoms. The third-order valence-electron chi connectivity index (χ3n) is 6.57. The van der Waals surface area contributed by atoms with Gasteiger partial charge >= 0.3 is 0 Å². The van der Waals surface area contributed by atoms with Crippen LogP contribution < -0.4 is 10.2 Å². The summed E-state index contributed by atoms with van der Waals surface area (Å²) in [7, 11) is 0. The third-order valence-corrected chi connectivity index (χ3v) is 6.57. The summed E-state index contributed by atoms with van der Waals surface area (Å²) < 4.78 is 0. The van der Waals surface area contributed by atoms with Crippen LogP contribution in [0.5, 0.6) is 0 Å². The molecule has 2 aliphatic rings. The first-order valence-corrected chi connectivity index (χ1v) is 12.2. The minimum atomic E-state index is -0.0244. The monoisotopic (exact) mass is 473 g/mol. The highest BCUT2D eigenvalue weighted by molar-refractivity contribution is 6.00. The number of carbonyl (C=O) groups excluding carboxylic acids is 2. The molecule has 9 nitrogen and oxygen atoms in total. The van der Waals surface area contributed by atoms with Crippen molar-refractivity contribution in [2.75, 3.05) is 29.9 Å². The zero-order chi connectivity index (χ0) is 24.4. The van der Waals surface area contributed by atoms with Crippen LogP contribution in [-0.4, -0.2) is 56.5 Å². The number of H-pyrrole nitrogens is 1. The van der Waals surface area contributed by atoms with Gasteiger partial charge in [-0.3, -0.25) is 14.7 Å². The Morgan fingerprint density at radius 1 is 1.09 bits per heavy atom. The van der Waals surface area contributed by atoms with Crippen molar-refractivity contribution < 1.29 is 9.59 Å². The zero-order valence-corrected chi connectivity index (χ0v) is 20.2. The number of benzene rings is 1. The number of hydrogen-bond acceptors (Lipinski definition) is 6. The fraction of sp³-hybridized carbons (Fsp3) is 0.423. The largest absolute Gasteiger partial charge is 0.340 e. The van der Waals surface area contributed by atoms with E-state index < -0.39 is 0 Å². The molecule has 2 fully saturated rings. The lowest BCUT2D eigenvalue weighted by molar-refractivity contribution is -0.132. The summed E-state index contributed by atoms with van der Waals surface area (Å²) in [6.07, 6.45) is 3.65. The lowest BCUT2D eigenvalue weighted by atomic mass is 9.94. The summed E-state index contributed by atoms with van der Waals surface area (Å²) in [5.74, 6) is 2.25. The highest BCUT2D eigenvalue weighted by Crippen LogP contribution is 2.33. The number of aryl methyl sites for hydroxylation is 2. The first-order chi connectivity index (χ1) is 17.0. The van der Waals surface area contributed by atoms with Gasteiger partial charge < -0.3 is 15.1 Å². The first kappa shape index (κ1) is 23.0. The number of hydrogen-bond donors (Lipinski definition) is 2. The average Bonchev–Trinajstić information content (AvgIpc) is 3.64. The molecule has 1 saturated heterocycles. The molecule has 3 heterocycles. The molecule has 0 spiro atoms. The summed E-state index contributed by atoms with van der Waals surface area (Å²) >= 11 is 0. The van der Waals surface area contributed by atoms with Crippen LogP contribution in [0.1, 0.15) is 48.8 Å². The van der Waals surface area contributed by atoms with E-state index in [-0.39, 0.29) is 30.2 Å². The fourth-order valence-corrected chi connectivity index (χ4v) is 4.61. The van der Waals surface area contributed by atoms with Crippen molar-refractivity contribution in [2.24, 2.45) is 5.92 Å². The van der Waals surface area contributed by atoms with Crippen molar-refractivity contribution in [1.82, 2.24) is 25.1 Å². The van der Waals surface area contributed by atoms with Crippen LogP contribution in [0.25, 0.3) is 0 Å². The molecule has 3 aromatic rings. The number of anilines is 3. The number of amides is 2. The van der Waals surface area contributed by atoms with Gasteiger partial charge in [-0.2, -0.15) is 5.10 Å². The normalized spacial score (nSPS) is 17.8. The molecule has 2 aromatic heterocycles. The predicted octanol–water partition coefficient (Wildman–Crippen LogP) is 3.71.